The molecule has 0 spiro atoms. The van der Waals surface area contributed by atoms with Gasteiger partial charge in [-0.1, -0.05) is 0 Å². The van der Waals surface area contributed by atoms with Crippen molar-refractivity contribution in [1.29, 1.82) is 0 Å². The molecule has 0 saturated carbocycles. The molecule has 0 radical (unpaired) electrons. The predicted molar refractivity (Wildman–Crippen MR) is 117 cm³/mol. The van der Waals surface area contributed by atoms with E-state index < -0.39 is 10.0 Å². The molecule has 0 bridgehead atoms. The molecule has 9 nitrogen and oxygen atoms in total. The maximum atomic E-state index is 13.0. The summed E-state index contributed by atoms with van der Waals surface area (Å²) in [4.78, 5) is 23.6. The Bertz CT molecular complexity index is 1050. The van der Waals surface area contributed by atoms with Crippen molar-refractivity contribution >= 4 is 15.9 Å². The van der Waals surface area contributed by atoms with Crippen LogP contribution in [0.5, 0.6) is 5.88 Å². The smallest absolute Gasteiger partial charge is 0.253 e. The standard InChI is InChI=1S/C22H28N4O5S/c1-16-14-21(24-17(2)23-16)31-19-4-3-9-25(15-19)22(27)18-5-7-20(8-6-18)32(28,29)26-10-12-30-13-11-26/h5-8,14,19H,3-4,9-13,15H2,1-2H3. The van der Waals surface area contributed by atoms with Crippen LogP contribution in [0.25, 0.3) is 0 Å². The first-order valence-electron chi connectivity index (χ1n) is 10.8. The second kappa shape index (κ2) is 9.51. The number of sulfonamides is 1. The molecule has 1 aromatic heterocycles. The summed E-state index contributed by atoms with van der Waals surface area (Å²) in [7, 11) is -3.58. The van der Waals surface area contributed by atoms with Crippen LogP contribution in [-0.2, 0) is 14.8 Å². The van der Waals surface area contributed by atoms with Crippen molar-refractivity contribution in [1.82, 2.24) is 19.2 Å². The number of ether oxygens (including phenoxy) is 2. The third-order valence-corrected chi connectivity index (χ3v) is 7.52. The zero-order chi connectivity index (χ0) is 22.7. The maximum absolute atomic E-state index is 13.0. The van der Waals surface area contributed by atoms with Gasteiger partial charge in [0.05, 0.1) is 24.7 Å². The van der Waals surface area contributed by atoms with Crippen LogP contribution < -0.4 is 4.74 Å². The first-order valence-corrected chi connectivity index (χ1v) is 12.2. The van der Waals surface area contributed by atoms with Gasteiger partial charge >= 0.3 is 0 Å². The summed E-state index contributed by atoms with van der Waals surface area (Å²) in [6.45, 7) is 6.25. The summed E-state index contributed by atoms with van der Waals surface area (Å²) in [6.07, 6.45) is 1.51. The number of piperidine rings is 1. The Balaban J connectivity index is 1.42. The first kappa shape index (κ1) is 22.6. The van der Waals surface area contributed by atoms with Crippen LogP contribution in [0.3, 0.4) is 0 Å². The molecule has 0 N–H and O–H groups in total. The molecule has 1 aromatic carbocycles. The fraction of sp³-hybridized carbons (Fsp3) is 0.500. The van der Waals surface area contributed by atoms with E-state index in [0.717, 1.165) is 18.5 Å². The van der Waals surface area contributed by atoms with Crippen molar-refractivity contribution in [3.8, 4) is 5.88 Å². The van der Waals surface area contributed by atoms with Crippen molar-refractivity contribution in [3.05, 3.63) is 47.4 Å². The Morgan fingerprint density at radius 3 is 2.50 bits per heavy atom. The van der Waals surface area contributed by atoms with Gasteiger partial charge in [0.2, 0.25) is 15.9 Å². The van der Waals surface area contributed by atoms with E-state index in [4.69, 9.17) is 9.47 Å². The molecule has 2 fully saturated rings. The molecule has 2 saturated heterocycles. The summed E-state index contributed by atoms with van der Waals surface area (Å²) in [6, 6.07) is 7.96. The molecule has 1 atom stereocenters. The van der Waals surface area contributed by atoms with Gasteiger partial charge in [-0.05, 0) is 51.0 Å². The number of likely N-dealkylation sites (tertiary alicyclic amines) is 1. The molecule has 10 heteroatoms. The number of hydrogen-bond acceptors (Lipinski definition) is 7. The van der Waals surface area contributed by atoms with E-state index in [-0.39, 0.29) is 16.9 Å². The van der Waals surface area contributed by atoms with E-state index in [1.54, 1.807) is 23.1 Å². The fourth-order valence-corrected chi connectivity index (χ4v) is 5.43. The first-order chi connectivity index (χ1) is 15.3. The molecule has 0 aliphatic carbocycles. The van der Waals surface area contributed by atoms with Crippen LogP contribution >= 0.6 is 0 Å². The minimum Gasteiger partial charge on any atom is -0.472 e. The highest BCUT2D eigenvalue weighted by Crippen LogP contribution is 2.21. The number of amides is 1. The number of benzene rings is 1. The molecule has 2 aliphatic rings. The lowest BCUT2D eigenvalue weighted by Crippen LogP contribution is -2.44. The predicted octanol–water partition coefficient (Wildman–Crippen LogP) is 1.80. The Morgan fingerprint density at radius 2 is 1.81 bits per heavy atom. The van der Waals surface area contributed by atoms with Crippen LogP contribution in [0.15, 0.2) is 35.2 Å². The number of nitrogens with zero attached hydrogens (tertiary/aromatic N) is 4. The van der Waals surface area contributed by atoms with Crippen molar-refractivity contribution < 1.29 is 22.7 Å². The summed E-state index contributed by atoms with van der Waals surface area (Å²) in [5, 5.41) is 0. The molecule has 172 valence electrons. The van der Waals surface area contributed by atoms with Gasteiger partial charge in [0.25, 0.3) is 5.91 Å². The Morgan fingerprint density at radius 1 is 1.09 bits per heavy atom. The maximum Gasteiger partial charge on any atom is 0.253 e. The monoisotopic (exact) mass is 460 g/mol. The molecule has 1 unspecified atom stereocenters. The van der Waals surface area contributed by atoms with E-state index in [1.165, 1.54) is 16.4 Å². The summed E-state index contributed by atoms with van der Waals surface area (Å²) < 4.78 is 38.2. The van der Waals surface area contributed by atoms with Crippen LogP contribution in [0, 0.1) is 13.8 Å². The quantitative estimate of drug-likeness (QED) is 0.670. The van der Waals surface area contributed by atoms with E-state index in [1.807, 2.05) is 13.8 Å². The van der Waals surface area contributed by atoms with E-state index in [0.29, 0.717) is 56.7 Å². The van der Waals surface area contributed by atoms with Crippen LogP contribution in [0.4, 0.5) is 0 Å². The average molecular weight is 461 g/mol. The number of aryl methyl sites for hydroxylation is 2. The van der Waals surface area contributed by atoms with Gasteiger partial charge in [-0.3, -0.25) is 4.79 Å². The highest BCUT2D eigenvalue weighted by atomic mass is 32.2. The van der Waals surface area contributed by atoms with Gasteiger partial charge in [-0.15, -0.1) is 0 Å². The number of rotatable bonds is 5. The number of carbonyl (C=O) groups is 1. The number of aromatic nitrogens is 2. The number of carbonyl (C=O) groups excluding carboxylic acids is 1. The topological polar surface area (TPSA) is 102 Å². The minimum atomic E-state index is -3.58. The molecule has 32 heavy (non-hydrogen) atoms. The lowest BCUT2D eigenvalue weighted by atomic mass is 10.1. The zero-order valence-electron chi connectivity index (χ0n) is 18.4. The van der Waals surface area contributed by atoms with Gasteiger partial charge in [0.1, 0.15) is 11.9 Å². The second-order valence-corrected chi connectivity index (χ2v) is 10.0. The Kier molecular flexibility index (Phi) is 6.73. The van der Waals surface area contributed by atoms with Crippen molar-refractivity contribution in [2.24, 2.45) is 0 Å². The van der Waals surface area contributed by atoms with Gasteiger partial charge in [-0.2, -0.15) is 9.29 Å². The lowest BCUT2D eigenvalue weighted by molar-refractivity contribution is 0.0526. The van der Waals surface area contributed by atoms with Crippen LogP contribution in [0.2, 0.25) is 0 Å². The Hall–Kier alpha value is -2.56. The number of hydrogen-bond donors (Lipinski definition) is 0. The van der Waals surface area contributed by atoms with Crippen LogP contribution in [-0.4, -0.2) is 79.0 Å². The summed E-state index contributed by atoms with van der Waals surface area (Å²) in [5.74, 6) is 1.03. The normalized spacial score (nSPS) is 20.2. The third-order valence-electron chi connectivity index (χ3n) is 5.60. The SMILES string of the molecule is Cc1cc(OC2CCCN(C(=O)c3ccc(S(=O)(=O)N4CCOCC4)cc3)C2)nc(C)n1. The summed E-state index contributed by atoms with van der Waals surface area (Å²) in [5.41, 5.74) is 1.30. The third kappa shape index (κ3) is 5.08. The van der Waals surface area contributed by atoms with Crippen molar-refractivity contribution in [3.63, 3.8) is 0 Å². The summed E-state index contributed by atoms with van der Waals surface area (Å²) >= 11 is 0. The number of morpholine rings is 1. The highest BCUT2D eigenvalue weighted by molar-refractivity contribution is 7.89. The van der Waals surface area contributed by atoms with E-state index in [9.17, 15) is 13.2 Å². The van der Waals surface area contributed by atoms with Gasteiger partial charge in [0.15, 0.2) is 0 Å². The minimum absolute atomic E-state index is 0.135. The average Bonchev–Trinajstić information content (AvgIpc) is 2.79. The van der Waals surface area contributed by atoms with Crippen molar-refractivity contribution in [2.75, 3.05) is 39.4 Å². The molecule has 3 heterocycles. The zero-order valence-corrected chi connectivity index (χ0v) is 19.2. The van der Waals surface area contributed by atoms with Gasteiger partial charge in [-0.25, -0.2) is 13.4 Å². The van der Waals surface area contributed by atoms with Gasteiger partial charge in [0, 0.05) is 37.0 Å². The van der Waals surface area contributed by atoms with E-state index in [2.05, 4.69) is 9.97 Å². The van der Waals surface area contributed by atoms with Crippen LogP contribution in [0.1, 0.15) is 34.7 Å². The molecular weight excluding hydrogens is 432 g/mol. The van der Waals surface area contributed by atoms with Gasteiger partial charge < -0.3 is 14.4 Å². The Labute approximate surface area is 188 Å². The molecule has 1 amide bonds. The fourth-order valence-electron chi connectivity index (χ4n) is 4.02. The molecule has 4 rings (SSSR count). The molecular formula is C22H28N4O5S. The second-order valence-electron chi connectivity index (χ2n) is 8.07. The molecule has 2 aromatic rings. The largest absolute Gasteiger partial charge is 0.472 e. The highest BCUT2D eigenvalue weighted by Gasteiger charge is 2.28. The lowest BCUT2D eigenvalue weighted by Gasteiger charge is -2.32. The van der Waals surface area contributed by atoms with Crippen molar-refractivity contribution in [2.45, 2.75) is 37.7 Å². The molecule has 2 aliphatic heterocycles. The van der Waals surface area contributed by atoms with E-state index >= 15 is 0 Å².